The number of carbonyl (C=O) groups excluding carboxylic acids is 2. The predicted molar refractivity (Wildman–Crippen MR) is 76.0 cm³/mol. The Morgan fingerprint density at radius 2 is 2.05 bits per heavy atom. The molecule has 0 aliphatic carbocycles. The number of halogens is 1. The summed E-state index contributed by atoms with van der Waals surface area (Å²) >= 11 is 5.84. The summed E-state index contributed by atoms with van der Waals surface area (Å²) in [4.78, 5) is 24.5. The molecule has 0 saturated heterocycles. The Balaban J connectivity index is 2.58. The van der Waals surface area contributed by atoms with E-state index in [1.165, 1.54) is 12.0 Å². The van der Waals surface area contributed by atoms with Crippen LogP contribution in [0.4, 0.5) is 0 Å². The number of methoxy groups -OCH3 is 1. The highest BCUT2D eigenvalue weighted by Crippen LogP contribution is 2.21. The van der Waals surface area contributed by atoms with Crippen molar-refractivity contribution in [2.24, 2.45) is 0 Å². The van der Waals surface area contributed by atoms with Crippen molar-refractivity contribution in [3.63, 3.8) is 0 Å². The van der Waals surface area contributed by atoms with Crippen LogP contribution in [0.15, 0.2) is 18.2 Å². The molecule has 0 unspecified atom stereocenters. The van der Waals surface area contributed by atoms with Crippen molar-refractivity contribution in [1.82, 2.24) is 4.90 Å². The summed E-state index contributed by atoms with van der Waals surface area (Å²) < 4.78 is 9.99. The average molecular weight is 300 g/mol. The Kier molecular flexibility index (Phi) is 6.31. The molecule has 1 aromatic rings. The number of hydrogen-bond donors (Lipinski definition) is 0. The lowest BCUT2D eigenvalue weighted by Gasteiger charge is -2.19. The Labute approximate surface area is 123 Å². The van der Waals surface area contributed by atoms with E-state index < -0.39 is 5.97 Å². The molecular weight excluding hydrogens is 282 g/mol. The Hall–Kier alpha value is -1.75. The van der Waals surface area contributed by atoms with Gasteiger partial charge in [0, 0.05) is 11.6 Å². The lowest BCUT2D eigenvalue weighted by molar-refractivity contribution is -0.147. The molecule has 0 spiro atoms. The zero-order chi connectivity index (χ0) is 15.1. The fourth-order valence-corrected chi connectivity index (χ4v) is 1.83. The van der Waals surface area contributed by atoms with Gasteiger partial charge in [0.15, 0.2) is 6.61 Å². The summed E-state index contributed by atoms with van der Waals surface area (Å²) in [7, 11) is 1.29. The third-order valence-electron chi connectivity index (χ3n) is 2.77. The number of esters is 1. The van der Waals surface area contributed by atoms with Crippen LogP contribution in [0, 0.1) is 6.92 Å². The smallest absolute Gasteiger partial charge is 0.325 e. The summed E-state index contributed by atoms with van der Waals surface area (Å²) in [5.41, 5.74) is 0.848. The lowest BCUT2D eigenvalue weighted by Crippen LogP contribution is -2.39. The van der Waals surface area contributed by atoms with Gasteiger partial charge in [-0.2, -0.15) is 0 Å². The SMILES string of the molecule is CCN(CC(=O)OC)C(=O)COc1ccc(Cl)cc1C. The molecule has 5 nitrogen and oxygen atoms in total. The molecule has 1 rings (SSSR count). The van der Waals surface area contributed by atoms with E-state index >= 15 is 0 Å². The summed E-state index contributed by atoms with van der Waals surface area (Å²) in [5, 5.41) is 0.613. The van der Waals surface area contributed by atoms with Gasteiger partial charge >= 0.3 is 5.97 Å². The van der Waals surface area contributed by atoms with E-state index in [9.17, 15) is 9.59 Å². The maximum atomic E-state index is 11.9. The molecule has 0 fully saturated rings. The Bertz CT molecular complexity index is 490. The largest absolute Gasteiger partial charge is 0.483 e. The van der Waals surface area contributed by atoms with Gasteiger partial charge in [-0.3, -0.25) is 9.59 Å². The Morgan fingerprint density at radius 1 is 1.35 bits per heavy atom. The molecule has 0 radical (unpaired) electrons. The van der Waals surface area contributed by atoms with Crippen LogP contribution in [-0.2, 0) is 14.3 Å². The Morgan fingerprint density at radius 3 is 2.60 bits per heavy atom. The molecule has 0 aliphatic rings. The average Bonchev–Trinajstić information content (AvgIpc) is 2.43. The minimum atomic E-state index is -0.456. The number of hydrogen-bond acceptors (Lipinski definition) is 4. The van der Waals surface area contributed by atoms with E-state index in [1.54, 1.807) is 25.1 Å². The minimum Gasteiger partial charge on any atom is -0.483 e. The first-order valence-electron chi connectivity index (χ1n) is 6.21. The van der Waals surface area contributed by atoms with E-state index in [0.29, 0.717) is 17.3 Å². The highest BCUT2D eigenvalue weighted by Gasteiger charge is 2.16. The molecule has 0 aliphatic heterocycles. The number of nitrogens with zero attached hydrogens (tertiary/aromatic N) is 1. The molecule has 20 heavy (non-hydrogen) atoms. The van der Waals surface area contributed by atoms with Crippen LogP contribution in [0.25, 0.3) is 0 Å². The molecule has 0 saturated carbocycles. The first-order chi connectivity index (χ1) is 9.47. The maximum Gasteiger partial charge on any atom is 0.325 e. The number of benzene rings is 1. The van der Waals surface area contributed by atoms with Crippen molar-refractivity contribution in [3.8, 4) is 5.75 Å². The van der Waals surface area contributed by atoms with Crippen molar-refractivity contribution in [3.05, 3.63) is 28.8 Å². The van der Waals surface area contributed by atoms with Crippen LogP contribution in [-0.4, -0.2) is 43.6 Å². The van der Waals surface area contributed by atoms with Crippen LogP contribution >= 0.6 is 11.6 Å². The van der Waals surface area contributed by atoms with E-state index in [1.807, 2.05) is 6.92 Å². The van der Waals surface area contributed by atoms with E-state index in [0.717, 1.165) is 5.56 Å². The molecule has 0 aromatic heterocycles. The number of ether oxygens (including phenoxy) is 2. The quantitative estimate of drug-likeness (QED) is 0.754. The standard InChI is InChI=1S/C14H18ClNO4/c1-4-16(8-14(18)19-3)13(17)9-20-12-6-5-11(15)7-10(12)2/h5-7H,4,8-9H2,1-3H3. The number of aryl methyl sites for hydroxylation is 1. The van der Waals surface area contributed by atoms with Crippen LogP contribution in [0.2, 0.25) is 5.02 Å². The van der Waals surface area contributed by atoms with Crippen LogP contribution < -0.4 is 4.74 Å². The highest BCUT2D eigenvalue weighted by molar-refractivity contribution is 6.30. The third kappa shape index (κ3) is 4.74. The summed E-state index contributed by atoms with van der Waals surface area (Å²) in [6.45, 7) is 3.84. The molecule has 0 heterocycles. The van der Waals surface area contributed by atoms with E-state index in [-0.39, 0.29) is 19.1 Å². The summed E-state index contributed by atoms with van der Waals surface area (Å²) in [5.74, 6) is -0.132. The van der Waals surface area contributed by atoms with Crippen LogP contribution in [0.3, 0.4) is 0 Å². The topological polar surface area (TPSA) is 55.8 Å². The summed E-state index contributed by atoms with van der Waals surface area (Å²) in [6.07, 6.45) is 0. The molecule has 6 heteroatoms. The number of rotatable bonds is 6. The summed E-state index contributed by atoms with van der Waals surface area (Å²) in [6, 6.07) is 5.16. The molecule has 0 N–H and O–H groups in total. The van der Waals surface area contributed by atoms with Gasteiger partial charge in [0.25, 0.3) is 5.91 Å². The fourth-order valence-electron chi connectivity index (χ4n) is 1.60. The molecule has 0 atom stereocenters. The van der Waals surface area contributed by atoms with Gasteiger partial charge in [0.2, 0.25) is 0 Å². The molecule has 0 bridgehead atoms. The molecule has 1 aromatic carbocycles. The van der Waals surface area contributed by atoms with Crippen molar-refractivity contribution < 1.29 is 19.1 Å². The first-order valence-corrected chi connectivity index (χ1v) is 6.59. The molecule has 1 amide bonds. The second-order valence-electron chi connectivity index (χ2n) is 4.18. The number of carbonyl (C=O) groups is 2. The van der Waals surface area contributed by atoms with Gasteiger partial charge in [-0.15, -0.1) is 0 Å². The van der Waals surface area contributed by atoms with Crippen molar-refractivity contribution in [2.45, 2.75) is 13.8 Å². The number of amides is 1. The monoisotopic (exact) mass is 299 g/mol. The van der Waals surface area contributed by atoms with Crippen LogP contribution in [0.5, 0.6) is 5.75 Å². The van der Waals surface area contributed by atoms with E-state index in [2.05, 4.69) is 4.74 Å². The van der Waals surface area contributed by atoms with Gasteiger partial charge in [-0.25, -0.2) is 0 Å². The lowest BCUT2D eigenvalue weighted by atomic mass is 10.2. The van der Waals surface area contributed by atoms with E-state index in [4.69, 9.17) is 16.3 Å². The second-order valence-corrected chi connectivity index (χ2v) is 4.62. The van der Waals surface area contributed by atoms with Crippen molar-refractivity contribution in [1.29, 1.82) is 0 Å². The van der Waals surface area contributed by atoms with Gasteiger partial charge < -0.3 is 14.4 Å². The van der Waals surface area contributed by atoms with Crippen LogP contribution in [0.1, 0.15) is 12.5 Å². The van der Waals surface area contributed by atoms with Gasteiger partial charge in [-0.05, 0) is 37.6 Å². The zero-order valence-corrected chi connectivity index (χ0v) is 12.6. The predicted octanol–water partition coefficient (Wildman–Crippen LogP) is 2.05. The second kappa shape index (κ2) is 7.75. The van der Waals surface area contributed by atoms with Gasteiger partial charge in [0.05, 0.1) is 7.11 Å². The minimum absolute atomic E-state index is 0.0746. The maximum absolute atomic E-state index is 11.9. The zero-order valence-electron chi connectivity index (χ0n) is 11.8. The first kappa shape index (κ1) is 16.3. The molecule has 110 valence electrons. The van der Waals surface area contributed by atoms with Gasteiger partial charge in [0.1, 0.15) is 12.3 Å². The van der Waals surface area contributed by atoms with Crippen molar-refractivity contribution >= 4 is 23.5 Å². The molecular formula is C14H18ClNO4. The van der Waals surface area contributed by atoms with Gasteiger partial charge in [-0.1, -0.05) is 11.6 Å². The normalized spacial score (nSPS) is 10.0. The number of likely N-dealkylation sites (N-methyl/N-ethyl adjacent to an activating group) is 1. The highest BCUT2D eigenvalue weighted by atomic mass is 35.5. The van der Waals surface area contributed by atoms with Crippen molar-refractivity contribution in [2.75, 3.05) is 26.8 Å². The fraction of sp³-hybridized carbons (Fsp3) is 0.429. The third-order valence-corrected chi connectivity index (χ3v) is 3.01.